The second-order valence-corrected chi connectivity index (χ2v) is 12.2. The Labute approximate surface area is 184 Å². The van der Waals surface area contributed by atoms with Crippen LogP contribution in [0.5, 0.6) is 5.75 Å². The van der Waals surface area contributed by atoms with Crippen LogP contribution in [-0.4, -0.2) is 27.2 Å². The number of hydrogen-bond acceptors (Lipinski definition) is 4. The van der Waals surface area contributed by atoms with E-state index in [0.29, 0.717) is 12.2 Å². The average molecular weight is 418 g/mol. The lowest BCUT2D eigenvalue weighted by Crippen LogP contribution is -2.72. The van der Waals surface area contributed by atoms with Crippen molar-refractivity contribution < 1.29 is 14.7 Å². The van der Waals surface area contributed by atoms with Crippen molar-refractivity contribution in [2.45, 2.75) is 99.6 Å². The van der Waals surface area contributed by atoms with Crippen molar-refractivity contribution in [2.24, 2.45) is 22.7 Å². The SMILES string of the molecule is CCC(=O)ON1C(C)(C)C(C(C)(C)C)C(c2cccc(O)c2)C(C(C)(C)C)C1(C)C. The van der Waals surface area contributed by atoms with Gasteiger partial charge in [-0.3, -0.25) is 4.79 Å². The van der Waals surface area contributed by atoms with Crippen molar-refractivity contribution >= 4 is 5.97 Å². The third kappa shape index (κ3) is 4.39. The van der Waals surface area contributed by atoms with Crippen LogP contribution in [0.15, 0.2) is 24.3 Å². The first-order valence-corrected chi connectivity index (χ1v) is 11.3. The molecule has 1 N–H and O–H groups in total. The highest BCUT2D eigenvalue weighted by Crippen LogP contribution is 2.62. The predicted molar refractivity (Wildman–Crippen MR) is 123 cm³/mol. The summed E-state index contributed by atoms with van der Waals surface area (Å²) >= 11 is 0. The smallest absolute Gasteiger partial charge is 0.324 e. The number of hydroxylamine groups is 2. The maximum atomic E-state index is 12.5. The molecular weight excluding hydrogens is 374 g/mol. The maximum Gasteiger partial charge on any atom is 0.324 e. The summed E-state index contributed by atoms with van der Waals surface area (Å²) in [7, 11) is 0. The Bertz CT molecular complexity index is 733. The predicted octanol–water partition coefficient (Wildman–Crippen LogP) is 6.54. The molecule has 1 aromatic carbocycles. The molecule has 1 aromatic rings. The van der Waals surface area contributed by atoms with Gasteiger partial charge in [-0.1, -0.05) is 60.6 Å². The topological polar surface area (TPSA) is 49.8 Å². The molecule has 0 spiro atoms. The summed E-state index contributed by atoms with van der Waals surface area (Å²) in [4.78, 5) is 18.5. The Morgan fingerprint density at radius 2 is 1.47 bits per heavy atom. The minimum absolute atomic E-state index is 0.0590. The maximum absolute atomic E-state index is 12.5. The third-order valence-electron chi connectivity index (χ3n) is 6.89. The summed E-state index contributed by atoms with van der Waals surface area (Å²) in [5.41, 5.74) is 0.208. The molecule has 0 bridgehead atoms. The van der Waals surface area contributed by atoms with Gasteiger partial charge in [-0.25, -0.2) is 0 Å². The number of rotatable bonds is 3. The Hall–Kier alpha value is -1.55. The Balaban J connectivity index is 2.85. The van der Waals surface area contributed by atoms with E-state index in [4.69, 9.17) is 4.84 Å². The molecule has 0 radical (unpaired) electrons. The molecule has 1 aliphatic heterocycles. The summed E-state index contributed by atoms with van der Waals surface area (Å²) < 4.78 is 0. The molecular formula is C26H43NO3. The van der Waals surface area contributed by atoms with Crippen molar-refractivity contribution in [3.8, 4) is 5.75 Å². The Morgan fingerprint density at radius 3 is 1.83 bits per heavy atom. The molecule has 2 rings (SSSR count). The van der Waals surface area contributed by atoms with E-state index >= 15 is 0 Å². The second-order valence-electron chi connectivity index (χ2n) is 12.2. The van der Waals surface area contributed by atoms with Crippen LogP contribution in [0.1, 0.15) is 94.1 Å². The summed E-state index contributed by atoms with van der Waals surface area (Å²) in [6.45, 7) is 24.2. The van der Waals surface area contributed by atoms with E-state index in [2.05, 4.69) is 75.3 Å². The van der Waals surface area contributed by atoms with Crippen LogP contribution in [0.2, 0.25) is 0 Å². The van der Waals surface area contributed by atoms with E-state index < -0.39 is 11.1 Å². The lowest BCUT2D eigenvalue weighted by Gasteiger charge is -2.66. The van der Waals surface area contributed by atoms with Gasteiger partial charge in [-0.05, 0) is 74.0 Å². The summed E-state index contributed by atoms with van der Waals surface area (Å²) in [5, 5.41) is 12.3. The quantitative estimate of drug-likeness (QED) is 0.606. The van der Waals surface area contributed by atoms with Crippen molar-refractivity contribution in [1.82, 2.24) is 5.06 Å². The molecule has 170 valence electrons. The fourth-order valence-electron chi connectivity index (χ4n) is 6.78. The van der Waals surface area contributed by atoms with Gasteiger partial charge in [0.15, 0.2) is 0 Å². The molecule has 1 saturated heterocycles. The van der Waals surface area contributed by atoms with E-state index in [1.165, 1.54) is 0 Å². The highest BCUT2D eigenvalue weighted by Gasteiger charge is 2.64. The largest absolute Gasteiger partial charge is 0.508 e. The number of carbonyl (C=O) groups excluding carboxylic acids is 1. The fraction of sp³-hybridized carbons (Fsp3) is 0.731. The van der Waals surface area contributed by atoms with Gasteiger partial charge in [0.2, 0.25) is 0 Å². The monoisotopic (exact) mass is 417 g/mol. The standard InChI is InChI=1S/C26H43NO3/c1-12-19(29)30-27-25(8,9)21(23(2,3)4)20(17-14-13-15-18(28)16-17)22(24(5,6)7)26(27,10)11/h13-16,20-22,28H,12H2,1-11H3. The zero-order valence-electron chi connectivity index (χ0n) is 21.0. The molecule has 2 atom stereocenters. The van der Waals surface area contributed by atoms with E-state index in [9.17, 15) is 9.90 Å². The third-order valence-corrected chi connectivity index (χ3v) is 6.89. The number of hydrogen-bond donors (Lipinski definition) is 1. The molecule has 4 nitrogen and oxygen atoms in total. The van der Waals surface area contributed by atoms with E-state index in [-0.39, 0.29) is 34.6 Å². The lowest BCUT2D eigenvalue weighted by atomic mass is 9.49. The number of phenolic OH excluding ortho intramolecular Hbond substituents is 1. The van der Waals surface area contributed by atoms with Gasteiger partial charge in [0.05, 0.1) is 11.1 Å². The van der Waals surface area contributed by atoms with Gasteiger partial charge in [0.25, 0.3) is 0 Å². The number of nitrogens with zero attached hydrogens (tertiary/aromatic N) is 1. The molecule has 0 aliphatic carbocycles. The van der Waals surface area contributed by atoms with Gasteiger partial charge in [-0.2, -0.15) is 0 Å². The zero-order valence-corrected chi connectivity index (χ0v) is 21.0. The van der Waals surface area contributed by atoms with Crippen LogP contribution in [-0.2, 0) is 9.63 Å². The van der Waals surface area contributed by atoms with Gasteiger partial charge in [0.1, 0.15) is 5.75 Å². The van der Waals surface area contributed by atoms with Gasteiger partial charge in [0, 0.05) is 6.42 Å². The first-order chi connectivity index (χ1) is 13.5. The zero-order chi connectivity index (χ0) is 23.3. The second kappa shape index (κ2) is 7.85. The van der Waals surface area contributed by atoms with Crippen LogP contribution >= 0.6 is 0 Å². The first-order valence-electron chi connectivity index (χ1n) is 11.3. The molecule has 1 heterocycles. The number of piperidine rings is 1. The minimum Gasteiger partial charge on any atom is -0.508 e. The van der Waals surface area contributed by atoms with Crippen LogP contribution in [0, 0.1) is 22.7 Å². The molecule has 4 heteroatoms. The first kappa shape index (κ1) is 24.7. The van der Waals surface area contributed by atoms with E-state index in [1.54, 1.807) is 6.07 Å². The molecule has 30 heavy (non-hydrogen) atoms. The normalized spacial score (nSPS) is 27.0. The van der Waals surface area contributed by atoms with Gasteiger partial charge in [-0.15, -0.1) is 5.06 Å². The number of benzene rings is 1. The molecule has 0 aromatic heterocycles. The van der Waals surface area contributed by atoms with E-state index in [0.717, 1.165) is 5.56 Å². The molecule has 1 fully saturated rings. The molecule has 0 amide bonds. The van der Waals surface area contributed by atoms with Crippen molar-refractivity contribution in [3.05, 3.63) is 29.8 Å². The van der Waals surface area contributed by atoms with Crippen LogP contribution < -0.4 is 0 Å². The van der Waals surface area contributed by atoms with E-state index in [1.807, 2.05) is 24.1 Å². The Morgan fingerprint density at radius 1 is 1.00 bits per heavy atom. The number of carbonyl (C=O) groups is 1. The van der Waals surface area contributed by atoms with Crippen LogP contribution in [0.4, 0.5) is 0 Å². The van der Waals surface area contributed by atoms with Gasteiger partial charge >= 0.3 is 5.97 Å². The average Bonchev–Trinajstić information content (AvgIpc) is 2.54. The van der Waals surface area contributed by atoms with Crippen LogP contribution in [0.25, 0.3) is 0 Å². The molecule has 2 unspecified atom stereocenters. The van der Waals surface area contributed by atoms with Crippen molar-refractivity contribution in [2.75, 3.05) is 0 Å². The fourth-order valence-corrected chi connectivity index (χ4v) is 6.78. The summed E-state index contributed by atoms with van der Waals surface area (Å²) in [6.07, 6.45) is 0.346. The molecule has 1 aliphatic rings. The molecule has 0 saturated carbocycles. The van der Waals surface area contributed by atoms with Gasteiger partial charge < -0.3 is 9.94 Å². The summed E-state index contributed by atoms with van der Waals surface area (Å²) in [5.74, 6) is 0.622. The number of phenols is 1. The summed E-state index contributed by atoms with van der Waals surface area (Å²) in [6, 6.07) is 7.73. The highest BCUT2D eigenvalue weighted by atomic mass is 16.7. The highest BCUT2D eigenvalue weighted by molar-refractivity contribution is 5.68. The van der Waals surface area contributed by atoms with Crippen LogP contribution in [0.3, 0.4) is 0 Å². The van der Waals surface area contributed by atoms with Crippen molar-refractivity contribution in [1.29, 1.82) is 0 Å². The lowest BCUT2D eigenvalue weighted by molar-refractivity contribution is -0.312. The Kier molecular flexibility index (Phi) is 6.47. The minimum atomic E-state index is -0.412. The van der Waals surface area contributed by atoms with Crippen molar-refractivity contribution in [3.63, 3.8) is 0 Å². The number of aromatic hydroxyl groups is 1.